The van der Waals surface area contributed by atoms with Gasteiger partial charge in [-0.05, 0) is 25.1 Å². The highest BCUT2D eigenvalue weighted by Gasteiger charge is 2.14. The Balaban J connectivity index is 2.14. The van der Waals surface area contributed by atoms with E-state index in [0.717, 1.165) is 10.8 Å². The fourth-order valence-corrected chi connectivity index (χ4v) is 2.27. The molecule has 0 spiro atoms. The van der Waals surface area contributed by atoms with Gasteiger partial charge >= 0.3 is 5.97 Å². The van der Waals surface area contributed by atoms with Gasteiger partial charge in [0, 0.05) is 30.1 Å². The van der Waals surface area contributed by atoms with Gasteiger partial charge in [-0.2, -0.15) is 0 Å². The Hall–Kier alpha value is -2.89. The van der Waals surface area contributed by atoms with Gasteiger partial charge < -0.3 is 14.5 Å². The summed E-state index contributed by atoms with van der Waals surface area (Å²) in [6.45, 7) is 2.08. The third kappa shape index (κ3) is 2.28. The van der Waals surface area contributed by atoms with E-state index in [-0.39, 0.29) is 17.6 Å². The zero-order valence-electron chi connectivity index (χ0n) is 12.2. The summed E-state index contributed by atoms with van der Waals surface area (Å²) >= 11 is 0. The van der Waals surface area contributed by atoms with E-state index in [9.17, 15) is 9.59 Å². The van der Waals surface area contributed by atoms with Gasteiger partial charge in [-0.15, -0.1) is 0 Å². The topological polar surface area (TPSA) is 81.4 Å². The number of hydrogen-bond donors (Lipinski definition) is 1. The SMILES string of the molecule is CCOC(=O)c1ccc2oc3cc(C(=O)NC)ncc3c2c1. The predicted molar refractivity (Wildman–Crippen MR) is 80.9 cm³/mol. The van der Waals surface area contributed by atoms with Crippen LogP contribution in [0.25, 0.3) is 21.9 Å². The molecule has 112 valence electrons. The molecule has 6 nitrogen and oxygen atoms in total. The molecule has 2 heterocycles. The normalized spacial score (nSPS) is 10.8. The lowest BCUT2D eigenvalue weighted by atomic mass is 10.1. The van der Waals surface area contributed by atoms with E-state index < -0.39 is 0 Å². The van der Waals surface area contributed by atoms with Crippen molar-refractivity contribution in [2.75, 3.05) is 13.7 Å². The molecule has 1 N–H and O–H groups in total. The van der Waals surface area contributed by atoms with E-state index in [1.807, 2.05) is 0 Å². The number of rotatable bonds is 3. The highest BCUT2D eigenvalue weighted by molar-refractivity contribution is 6.08. The number of esters is 1. The van der Waals surface area contributed by atoms with Crippen molar-refractivity contribution < 1.29 is 18.7 Å². The smallest absolute Gasteiger partial charge is 0.338 e. The highest BCUT2D eigenvalue weighted by atomic mass is 16.5. The molecule has 0 saturated heterocycles. The minimum Gasteiger partial charge on any atom is -0.462 e. The number of hydrogen-bond acceptors (Lipinski definition) is 5. The van der Waals surface area contributed by atoms with Crippen LogP contribution in [-0.4, -0.2) is 30.5 Å². The molecule has 0 atom stereocenters. The van der Waals surface area contributed by atoms with Crippen LogP contribution in [0.1, 0.15) is 27.8 Å². The van der Waals surface area contributed by atoms with Crippen molar-refractivity contribution in [1.29, 1.82) is 0 Å². The molecular weight excluding hydrogens is 284 g/mol. The van der Waals surface area contributed by atoms with E-state index in [0.29, 0.717) is 23.3 Å². The summed E-state index contributed by atoms with van der Waals surface area (Å²) in [7, 11) is 1.54. The Kier molecular flexibility index (Phi) is 3.50. The first-order chi connectivity index (χ1) is 10.6. The number of nitrogens with zero attached hydrogens (tertiary/aromatic N) is 1. The molecule has 22 heavy (non-hydrogen) atoms. The van der Waals surface area contributed by atoms with Crippen molar-refractivity contribution in [3.63, 3.8) is 0 Å². The number of amides is 1. The van der Waals surface area contributed by atoms with E-state index in [4.69, 9.17) is 9.15 Å². The van der Waals surface area contributed by atoms with Crippen molar-refractivity contribution in [2.24, 2.45) is 0 Å². The van der Waals surface area contributed by atoms with Crippen LogP contribution in [0.2, 0.25) is 0 Å². The molecule has 0 saturated carbocycles. The molecule has 6 heteroatoms. The number of furan rings is 1. The zero-order chi connectivity index (χ0) is 15.7. The molecule has 0 fully saturated rings. The second-order valence-corrected chi connectivity index (χ2v) is 4.68. The van der Waals surface area contributed by atoms with Crippen LogP contribution < -0.4 is 5.32 Å². The zero-order valence-corrected chi connectivity index (χ0v) is 12.2. The Bertz CT molecular complexity index is 882. The number of carbonyl (C=O) groups excluding carboxylic acids is 2. The van der Waals surface area contributed by atoms with Crippen molar-refractivity contribution in [2.45, 2.75) is 6.92 Å². The maximum atomic E-state index is 11.8. The van der Waals surface area contributed by atoms with Crippen LogP contribution in [0.3, 0.4) is 0 Å². The summed E-state index contributed by atoms with van der Waals surface area (Å²) in [5, 5.41) is 4.02. The first kappa shape index (κ1) is 14.1. The first-order valence-corrected chi connectivity index (χ1v) is 6.85. The molecule has 0 unspecified atom stereocenters. The van der Waals surface area contributed by atoms with Crippen molar-refractivity contribution in [3.05, 3.63) is 41.7 Å². The Labute approximate surface area is 126 Å². The van der Waals surface area contributed by atoms with Gasteiger partial charge in [0.1, 0.15) is 16.9 Å². The molecule has 3 rings (SSSR count). The minimum absolute atomic E-state index is 0.277. The number of aromatic nitrogens is 1. The van der Waals surface area contributed by atoms with Crippen LogP contribution >= 0.6 is 0 Å². The molecule has 0 aliphatic carbocycles. The summed E-state index contributed by atoms with van der Waals surface area (Å²) in [6, 6.07) is 6.65. The number of ether oxygens (including phenoxy) is 1. The third-order valence-electron chi connectivity index (χ3n) is 3.33. The second kappa shape index (κ2) is 5.48. The molecule has 0 aliphatic rings. The predicted octanol–water partition coefficient (Wildman–Crippen LogP) is 2.52. The Morgan fingerprint density at radius 1 is 1.23 bits per heavy atom. The standard InChI is InChI=1S/C16H14N2O4/c1-3-21-16(20)9-4-5-13-10(6-9)11-8-18-12(15(19)17-2)7-14(11)22-13/h4-8H,3H2,1-2H3,(H,17,19). The van der Waals surface area contributed by atoms with Crippen LogP contribution in [0.4, 0.5) is 0 Å². The molecule has 1 amide bonds. The summed E-state index contributed by atoms with van der Waals surface area (Å²) in [5.41, 5.74) is 1.90. The number of carbonyl (C=O) groups is 2. The minimum atomic E-state index is -0.381. The lowest BCUT2D eigenvalue weighted by Gasteiger charge is -2.01. The average molecular weight is 298 g/mol. The van der Waals surface area contributed by atoms with Crippen LogP contribution in [0, 0.1) is 0 Å². The summed E-state index contributed by atoms with van der Waals surface area (Å²) in [4.78, 5) is 27.5. The lowest BCUT2D eigenvalue weighted by Crippen LogP contribution is -2.18. The third-order valence-corrected chi connectivity index (χ3v) is 3.33. The van der Waals surface area contributed by atoms with Gasteiger partial charge in [-0.25, -0.2) is 4.79 Å². The van der Waals surface area contributed by atoms with Gasteiger partial charge in [0.15, 0.2) is 0 Å². The summed E-state index contributed by atoms with van der Waals surface area (Å²) in [6.07, 6.45) is 1.57. The largest absolute Gasteiger partial charge is 0.462 e. The highest BCUT2D eigenvalue weighted by Crippen LogP contribution is 2.29. The Morgan fingerprint density at radius 3 is 2.77 bits per heavy atom. The quantitative estimate of drug-likeness (QED) is 0.751. The van der Waals surface area contributed by atoms with Gasteiger partial charge in [-0.1, -0.05) is 0 Å². The fraction of sp³-hybridized carbons (Fsp3) is 0.188. The van der Waals surface area contributed by atoms with E-state index in [1.54, 1.807) is 44.4 Å². The molecule has 0 radical (unpaired) electrons. The molecule has 1 aromatic carbocycles. The molecule has 0 bridgehead atoms. The van der Waals surface area contributed by atoms with Crippen molar-refractivity contribution in [3.8, 4) is 0 Å². The Morgan fingerprint density at radius 2 is 2.05 bits per heavy atom. The van der Waals surface area contributed by atoms with Crippen molar-refractivity contribution >= 4 is 33.8 Å². The number of nitrogens with one attached hydrogen (secondary N) is 1. The van der Waals surface area contributed by atoms with Crippen LogP contribution in [-0.2, 0) is 4.74 Å². The van der Waals surface area contributed by atoms with E-state index in [1.165, 1.54) is 0 Å². The second-order valence-electron chi connectivity index (χ2n) is 4.68. The maximum Gasteiger partial charge on any atom is 0.338 e. The number of benzene rings is 1. The number of fused-ring (bicyclic) bond motifs is 3. The maximum absolute atomic E-state index is 11.8. The van der Waals surface area contributed by atoms with E-state index >= 15 is 0 Å². The molecular formula is C16H14N2O4. The molecule has 3 aromatic rings. The van der Waals surface area contributed by atoms with Gasteiger partial charge in [0.25, 0.3) is 5.91 Å². The number of pyridine rings is 1. The fourth-order valence-electron chi connectivity index (χ4n) is 2.27. The first-order valence-electron chi connectivity index (χ1n) is 6.85. The monoisotopic (exact) mass is 298 g/mol. The molecule has 0 aliphatic heterocycles. The summed E-state index contributed by atoms with van der Waals surface area (Å²) < 4.78 is 10.7. The summed E-state index contributed by atoms with van der Waals surface area (Å²) in [5.74, 6) is -0.664. The van der Waals surface area contributed by atoms with Crippen LogP contribution in [0.5, 0.6) is 0 Å². The van der Waals surface area contributed by atoms with Crippen molar-refractivity contribution in [1.82, 2.24) is 10.3 Å². The van der Waals surface area contributed by atoms with Crippen LogP contribution in [0.15, 0.2) is 34.9 Å². The van der Waals surface area contributed by atoms with E-state index in [2.05, 4.69) is 10.3 Å². The van der Waals surface area contributed by atoms with Gasteiger partial charge in [0.2, 0.25) is 0 Å². The lowest BCUT2D eigenvalue weighted by molar-refractivity contribution is 0.0526. The van der Waals surface area contributed by atoms with Gasteiger partial charge in [-0.3, -0.25) is 9.78 Å². The van der Waals surface area contributed by atoms with Gasteiger partial charge in [0.05, 0.1) is 12.2 Å². The average Bonchev–Trinajstić information content (AvgIpc) is 2.91. The molecule has 2 aromatic heterocycles.